The molecule has 4 nitrogen and oxygen atoms in total. The average Bonchev–Trinajstić information content (AvgIpc) is 2.94. The van der Waals surface area contributed by atoms with E-state index in [-0.39, 0.29) is 23.1 Å². The number of halogens is 2. The van der Waals surface area contributed by atoms with Crippen LogP contribution in [0.25, 0.3) is 0 Å². The third-order valence-electron chi connectivity index (χ3n) is 4.00. The van der Waals surface area contributed by atoms with Crippen LogP contribution in [-0.2, 0) is 13.1 Å². The molecular formula is C17H18F2N2O2. The van der Waals surface area contributed by atoms with Crippen LogP contribution in [0.3, 0.4) is 0 Å². The van der Waals surface area contributed by atoms with Crippen molar-refractivity contribution in [3.8, 4) is 11.5 Å². The van der Waals surface area contributed by atoms with Crippen LogP contribution in [0, 0.1) is 11.6 Å². The van der Waals surface area contributed by atoms with Crippen LogP contribution in [-0.4, -0.2) is 39.8 Å². The molecule has 1 saturated heterocycles. The summed E-state index contributed by atoms with van der Waals surface area (Å²) in [6, 6.07) is 7.81. The number of phenolic OH excluding ortho intramolecular Hbond substituents is 2. The maximum Gasteiger partial charge on any atom is 0.123 e. The van der Waals surface area contributed by atoms with Crippen molar-refractivity contribution in [2.75, 3.05) is 19.8 Å². The van der Waals surface area contributed by atoms with Crippen LogP contribution >= 0.6 is 0 Å². The van der Waals surface area contributed by atoms with E-state index in [0.29, 0.717) is 30.9 Å². The molecule has 0 saturated carbocycles. The third kappa shape index (κ3) is 3.78. The molecule has 6 heteroatoms. The Balaban J connectivity index is 1.62. The molecule has 0 aromatic heterocycles. The van der Waals surface area contributed by atoms with E-state index >= 15 is 0 Å². The van der Waals surface area contributed by atoms with Crippen LogP contribution in [0.15, 0.2) is 36.4 Å². The number of rotatable bonds is 4. The fourth-order valence-corrected chi connectivity index (χ4v) is 2.81. The van der Waals surface area contributed by atoms with Gasteiger partial charge in [0.15, 0.2) is 0 Å². The van der Waals surface area contributed by atoms with Crippen molar-refractivity contribution in [2.45, 2.75) is 13.1 Å². The van der Waals surface area contributed by atoms with Gasteiger partial charge in [0.1, 0.15) is 23.1 Å². The highest BCUT2D eigenvalue weighted by atomic mass is 19.1. The monoisotopic (exact) mass is 320 g/mol. The second kappa shape index (κ2) is 6.52. The Bertz CT molecular complexity index is 649. The smallest absolute Gasteiger partial charge is 0.123 e. The second-order valence-electron chi connectivity index (χ2n) is 5.79. The first-order chi connectivity index (χ1) is 11.0. The molecule has 1 fully saturated rings. The number of hydrogen-bond donors (Lipinski definition) is 2. The van der Waals surface area contributed by atoms with Crippen molar-refractivity contribution in [1.29, 1.82) is 0 Å². The molecule has 2 aromatic carbocycles. The maximum absolute atomic E-state index is 13.3. The van der Waals surface area contributed by atoms with Gasteiger partial charge in [-0.15, -0.1) is 0 Å². The van der Waals surface area contributed by atoms with E-state index in [4.69, 9.17) is 0 Å². The molecule has 0 radical (unpaired) electrons. The van der Waals surface area contributed by atoms with Crippen molar-refractivity contribution >= 4 is 0 Å². The highest BCUT2D eigenvalue weighted by Gasteiger charge is 2.22. The Labute approximate surface area is 133 Å². The summed E-state index contributed by atoms with van der Waals surface area (Å²) in [6.45, 7) is 2.99. The summed E-state index contributed by atoms with van der Waals surface area (Å²) < 4.78 is 26.5. The molecule has 0 aliphatic carbocycles. The van der Waals surface area contributed by atoms with Gasteiger partial charge < -0.3 is 10.2 Å². The number of aromatic hydroxyl groups is 2. The molecule has 0 amide bonds. The zero-order chi connectivity index (χ0) is 16.4. The van der Waals surface area contributed by atoms with E-state index in [9.17, 15) is 19.0 Å². The first-order valence-electron chi connectivity index (χ1n) is 7.41. The molecular weight excluding hydrogens is 302 g/mol. The quantitative estimate of drug-likeness (QED) is 0.909. The summed E-state index contributed by atoms with van der Waals surface area (Å²) in [5.74, 6) is -0.600. The molecule has 0 atom stereocenters. The molecule has 0 bridgehead atoms. The van der Waals surface area contributed by atoms with Crippen molar-refractivity contribution < 1.29 is 19.0 Å². The van der Waals surface area contributed by atoms with Gasteiger partial charge in [-0.3, -0.25) is 9.80 Å². The summed E-state index contributed by atoms with van der Waals surface area (Å²) in [5, 5.41) is 19.6. The van der Waals surface area contributed by atoms with E-state index in [0.717, 1.165) is 13.1 Å². The van der Waals surface area contributed by atoms with Crippen LogP contribution < -0.4 is 0 Å². The summed E-state index contributed by atoms with van der Waals surface area (Å²) in [7, 11) is 0. The Kier molecular flexibility index (Phi) is 4.45. The number of benzene rings is 2. The normalized spacial score (nSPS) is 16.1. The van der Waals surface area contributed by atoms with Gasteiger partial charge in [-0.1, -0.05) is 0 Å². The molecule has 2 N–H and O–H groups in total. The SMILES string of the molecule is Oc1ccc(F)cc1CN1CCN(Cc2cc(F)ccc2O)C1. The minimum atomic E-state index is -0.376. The lowest BCUT2D eigenvalue weighted by atomic mass is 10.2. The van der Waals surface area contributed by atoms with Gasteiger partial charge in [0.25, 0.3) is 0 Å². The van der Waals surface area contributed by atoms with E-state index in [1.807, 2.05) is 0 Å². The number of nitrogens with zero attached hydrogens (tertiary/aromatic N) is 2. The van der Waals surface area contributed by atoms with Crippen LogP contribution in [0.5, 0.6) is 11.5 Å². The molecule has 122 valence electrons. The largest absolute Gasteiger partial charge is 0.508 e. The number of hydrogen-bond acceptors (Lipinski definition) is 4. The molecule has 1 heterocycles. The predicted molar refractivity (Wildman–Crippen MR) is 81.8 cm³/mol. The molecule has 2 aromatic rings. The Hall–Kier alpha value is -2.18. The first-order valence-corrected chi connectivity index (χ1v) is 7.41. The standard InChI is InChI=1S/C17H18F2N2O2/c18-14-1-3-16(22)12(7-14)9-20-5-6-21(11-20)10-13-8-15(19)2-4-17(13)23/h1-4,7-8,22-23H,5-6,9-11H2. The van der Waals surface area contributed by atoms with E-state index in [1.54, 1.807) is 0 Å². The van der Waals surface area contributed by atoms with E-state index in [1.165, 1.54) is 36.4 Å². The van der Waals surface area contributed by atoms with Crippen molar-refractivity contribution in [3.63, 3.8) is 0 Å². The fourth-order valence-electron chi connectivity index (χ4n) is 2.81. The fraction of sp³-hybridized carbons (Fsp3) is 0.294. The summed E-state index contributed by atoms with van der Waals surface area (Å²) in [5.41, 5.74) is 1.08. The van der Waals surface area contributed by atoms with Crippen LogP contribution in [0.1, 0.15) is 11.1 Å². The van der Waals surface area contributed by atoms with Gasteiger partial charge in [0, 0.05) is 37.3 Å². The van der Waals surface area contributed by atoms with Gasteiger partial charge >= 0.3 is 0 Å². The Morgan fingerprint density at radius 3 is 1.65 bits per heavy atom. The average molecular weight is 320 g/mol. The van der Waals surface area contributed by atoms with Crippen molar-refractivity contribution in [3.05, 3.63) is 59.2 Å². The van der Waals surface area contributed by atoms with Crippen LogP contribution in [0.2, 0.25) is 0 Å². The Morgan fingerprint density at radius 2 is 1.22 bits per heavy atom. The highest BCUT2D eigenvalue weighted by molar-refractivity contribution is 5.33. The van der Waals surface area contributed by atoms with E-state index in [2.05, 4.69) is 9.80 Å². The highest BCUT2D eigenvalue weighted by Crippen LogP contribution is 2.24. The van der Waals surface area contributed by atoms with Crippen molar-refractivity contribution in [2.24, 2.45) is 0 Å². The zero-order valence-corrected chi connectivity index (χ0v) is 12.5. The first kappa shape index (κ1) is 15.7. The molecule has 0 unspecified atom stereocenters. The topological polar surface area (TPSA) is 46.9 Å². The lowest BCUT2D eigenvalue weighted by molar-refractivity contribution is 0.231. The molecule has 3 rings (SSSR count). The van der Waals surface area contributed by atoms with Gasteiger partial charge in [-0.2, -0.15) is 0 Å². The minimum Gasteiger partial charge on any atom is -0.508 e. The van der Waals surface area contributed by atoms with Gasteiger partial charge in [0.2, 0.25) is 0 Å². The molecule has 1 aliphatic rings. The zero-order valence-electron chi connectivity index (χ0n) is 12.5. The maximum atomic E-state index is 13.3. The summed E-state index contributed by atoms with van der Waals surface area (Å²) in [4.78, 5) is 4.12. The van der Waals surface area contributed by atoms with Gasteiger partial charge in [-0.05, 0) is 36.4 Å². The molecule has 0 spiro atoms. The second-order valence-corrected chi connectivity index (χ2v) is 5.79. The summed E-state index contributed by atoms with van der Waals surface area (Å²) in [6.07, 6.45) is 0. The summed E-state index contributed by atoms with van der Waals surface area (Å²) >= 11 is 0. The Morgan fingerprint density at radius 1 is 0.783 bits per heavy atom. The van der Waals surface area contributed by atoms with Gasteiger partial charge in [-0.25, -0.2) is 8.78 Å². The lowest BCUT2D eigenvalue weighted by Gasteiger charge is -2.19. The molecule has 1 aliphatic heterocycles. The van der Waals surface area contributed by atoms with Crippen LogP contribution in [0.4, 0.5) is 8.78 Å². The van der Waals surface area contributed by atoms with Crippen molar-refractivity contribution in [1.82, 2.24) is 9.80 Å². The van der Waals surface area contributed by atoms with Gasteiger partial charge in [0.05, 0.1) is 6.67 Å². The minimum absolute atomic E-state index is 0.0765. The predicted octanol–water partition coefficient (Wildman–Crippen LogP) is 2.65. The molecule has 23 heavy (non-hydrogen) atoms. The third-order valence-corrected chi connectivity index (χ3v) is 4.00. The number of phenols is 2. The van der Waals surface area contributed by atoms with E-state index < -0.39 is 0 Å². The lowest BCUT2D eigenvalue weighted by Crippen LogP contribution is -2.25.